The molecule has 0 radical (unpaired) electrons. The second kappa shape index (κ2) is 7.98. The van der Waals surface area contributed by atoms with Gasteiger partial charge < -0.3 is 18.9 Å². The van der Waals surface area contributed by atoms with E-state index in [2.05, 4.69) is 4.99 Å². The molecule has 0 fully saturated rings. The van der Waals surface area contributed by atoms with E-state index in [-0.39, 0.29) is 11.7 Å². The molecule has 0 saturated carbocycles. The van der Waals surface area contributed by atoms with Crippen molar-refractivity contribution in [3.05, 3.63) is 53.6 Å². The lowest BCUT2D eigenvalue weighted by molar-refractivity contribution is 0.0486. The highest BCUT2D eigenvalue weighted by Gasteiger charge is 2.41. The number of sulfone groups is 1. The summed E-state index contributed by atoms with van der Waals surface area (Å²) in [5.74, 6) is 0.984. The van der Waals surface area contributed by atoms with E-state index in [4.69, 9.17) is 18.9 Å². The zero-order valence-corrected chi connectivity index (χ0v) is 16.1. The number of ether oxygens (including phenoxy) is 4. The van der Waals surface area contributed by atoms with Gasteiger partial charge in [-0.15, -0.1) is 0 Å². The van der Waals surface area contributed by atoms with Gasteiger partial charge in [-0.1, -0.05) is 17.7 Å². The minimum atomic E-state index is -3.75. The molecule has 0 bridgehead atoms. The van der Waals surface area contributed by atoms with Crippen LogP contribution in [0.2, 0.25) is 0 Å². The lowest BCUT2D eigenvalue weighted by Crippen LogP contribution is -2.25. The Hall–Kier alpha value is -2.58. The molecule has 1 aliphatic heterocycles. The topological polar surface area (TPSA) is 83.4 Å². The Morgan fingerprint density at radius 3 is 2.52 bits per heavy atom. The van der Waals surface area contributed by atoms with Crippen LogP contribution in [-0.4, -0.2) is 41.2 Å². The maximum absolute atomic E-state index is 13.1. The van der Waals surface area contributed by atoms with Crippen LogP contribution < -0.4 is 9.47 Å². The van der Waals surface area contributed by atoms with Gasteiger partial charge in [-0.05, 0) is 31.2 Å². The predicted molar refractivity (Wildman–Crippen MR) is 100.0 cm³/mol. The molecule has 2 atom stereocenters. The lowest BCUT2D eigenvalue weighted by Gasteiger charge is -2.21. The van der Waals surface area contributed by atoms with Crippen LogP contribution in [0.5, 0.6) is 11.5 Å². The Bertz CT molecular complexity index is 924. The molecule has 2 aromatic carbocycles. The third-order valence-corrected chi connectivity index (χ3v) is 6.14. The fourth-order valence-corrected chi connectivity index (χ4v) is 4.31. The Morgan fingerprint density at radius 2 is 1.85 bits per heavy atom. The quantitative estimate of drug-likeness (QED) is 0.675. The Balaban J connectivity index is 1.98. The van der Waals surface area contributed by atoms with E-state index in [1.807, 2.05) is 6.92 Å². The normalized spacial score (nSPS) is 18.9. The first-order valence-corrected chi connectivity index (χ1v) is 9.79. The number of rotatable bonds is 7. The Labute approximate surface area is 158 Å². The molecule has 27 heavy (non-hydrogen) atoms. The SMILES string of the molecule is COCOc1cc(OC)ccc1C1OC=NC1S(=O)(=O)c1ccc(C)cc1. The maximum atomic E-state index is 13.1. The smallest absolute Gasteiger partial charge is 0.205 e. The zero-order chi connectivity index (χ0) is 19.4. The van der Waals surface area contributed by atoms with E-state index in [9.17, 15) is 8.42 Å². The van der Waals surface area contributed by atoms with Crippen LogP contribution in [0.1, 0.15) is 17.2 Å². The fourth-order valence-electron chi connectivity index (χ4n) is 2.77. The molecule has 144 valence electrons. The first-order chi connectivity index (χ1) is 13.0. The molecule has 0 aromatic heterocycles. The average Bonchev–Trinajstić information content (AvgIpc) is 3.17. The maximum Gasteiger partial charge on any atom is 0.205 e. The van der Waals surface area contributed by atoms with E-state index < -0.39 is 21.3 Å². The summed E-state index contributed by atoms with van der Waals surface area (Å²) >= 11 is 0. The zero-order valence-electron chi connectivity index (χ0n) is 15.3. The summed E-state index contributed by atoms with van der Waals surface area (Å²) in [7, 11) is -0.710. The molecule has 7 nitrogen and oxygen atoms in total. The molecule has 0 amide bonds. The van der Waals surface area contributed by atoms with E-state index in [0.717, 1.165) is 5.56 Å². The van der Waals surface area contributed by atoms with Gasteiger partial charge in [-0.2, -0.15) is 0 Å². The van der Waals surface area contributed by atoms with Crippen LogP contribution in [0.15, 0.2) is 52.4 Å². The summed E-state index contributed by atoms with van der Waals surface area (Å²) in [6, 6.07) is 11.7. The second-order valence-corrected chi connectivity index (χ2v) is 8.06. The molecule has 0 saturated heterocycles. The molecule has 2 unspecified atom stereocenters. The second-order valence-electron chi connectivity index (χ2n) is 6.01. The summed E-state index contributed by atoms with van der Waals surface area (Å²) in [5, 5.41) is -1.11. The summed E-state index contributed by atoms with van der Waals surface area (Å²) in [6.45, 7) is 1.90. The van der Waals surface area contributed by atoms with Gasteiger partial charge in [-0.25, -0.2) is 13.4 Å². The average molecular weight is 391 g/mol. The number of hydrogen-bond acceptors (Lipinski definition) is 7. The number of nitrogens with zero attached hydrogens (tertiary/aromatic N) is 1. The largest absolute Gasteiger partial charge is 0.497 e. The molecule has 0 N–H and O–H groups in total. The highest BCUT2D eigenvalue weighted by molar-refractivity contribution is 7.92. The van der Waals surface area contributed by atoms with Crippen molar-refractivity contribution in [2.45, 2.75) is 23.3 Å². The first kappa shape index (κ1) is 19.2. The predicted octanol–water partition coefficient (Wildman–Crippen LogP) is 2.89. The van der Waals surface area contributed by atoms with E-state index >= 15 is 0 Å². The van der Waals surface area contributed by atoms with Gasteiger partial charge in [0.05, 0.1) is 12.0 Å². The fraction of sp³-hybridized carbons (Fsp3) is 0.316. The van der Waals surface area contributed by atoms with Crippen LogP contribution in [-0.2, 0) is 19.3 Å². The number of aryl methyl sites for hydroxylation is 1. The van der Waals surface area contributed by atoms with Crippen molar-refractivity contribution in [3.63, 3.8) is 0 Å². The van der Waals surface area contributed by atoms with E-state index in [0.29, 0.717) is 17.1 Å². The number of aliphatic imine (C=N–C) groups is 1. The van der Waals surface area contributed by atoms with Crippen LogP contribution in [0.4, 0.5) is 0 Å². The lowest BCUT2D eigenvalue weighted by atomic mass is 10.1. The molecule has 1 aliphatic rings. The summed E-state index contributed by atoms with van der Waals surface area (Å²) < 4.78 is 47.5. The van der Waals surface area contributed by atoms with Gasteiger partial charge in [-0.3, -0.25) is 0 Å². The first-order valence-electron chi connectivity index (χ1n) is 8.24. The van der Waals surface area contributed by atoms with Crippen LogP contribution >= 0.6 is 0 Å². The van der Waals surface area contributed by atoms with Crippen molar-refractivity contribution in [2.24, 2.45) is 4.99 Å². The van der Waals surface area contributed by atoms with Gasteiger partial charge in [0.1, 0.15) is 11.5 Å². The minimum absolute atomic E-state index is 0.00310. The minimum Gasteiger partial charge on any atom is -0.497 e. The molecule has 2 aromatic rings. The molecule has 0 spiro atoms. The van der Waals surface area contributed by atoms with E-state index in [1.54, 1.807) is 42.5 Å². The standard InChI is InChI=1S/C19H21NO6S/c1-13-4-7-15(8-5-13)27(21,22)19-18(25-11-20-19)16-9-6-14(24-3)10-17(16)26-12-23-2/h4-11,18-19H,12H2,1-3H3. The van der Waals surface area contributed by atoms with Gasteiger partial charge in [0.2, 0.25) is 9.84 Å². The summed E-state index contributed by atoms with van der Waals surface area (Å²) in [6.07, 6.45) is 0.333. The molecular weight excluding hydrogens is 370 g/mol. The van der Waals surface area contributed by atoms with Crippen LogP contribution in [0.25, 0.3) is 0 Å². The number of benzene rings is 2. The highest BCUT2D eigenvalue weighted by atomic mass is 32.2. The summed E-state index contributed by atoms with van der Waals surface area (Å²) in [4.78, 5) is 4.27. The number of methoxy groups -OCH3 is 2. The molecule has 1 heterocycles. The molecular formula is C19H21NO6S. The van der Waals surface area contributed by atoms with Crippen molar-refractivity contribution in [1.82, 2.24) is 0 Å². The Kier molecular flexibility index (Phi) is 5.67. The summed E-state index contributed by atoms with van der Waals surface area (Å²) in [5.41, 5.74) is 1.52. The molecule has 8 heteroatoms. The monoisotopic (exact) mass is 391 g/mol. The van der Waals surface area contributed by atoms with Gasteiger partial charge in [0.25, 0.3) is 0 Å². The third kappa shape index (κ3) is 3.91. The van der Waals surface area contributed by atoms with Crippen LogP contribution in [0, 0.1) is 6.92 Å². The van der Waals surface area contributed by atoms with Crippen molar-refractivity contribution in [1.29, 1.82) is 0 Å². The van der Waals surface area contributed by atoms with Crippen molar-refractivity contribution in [2.75, 3.05) is 21.0 Å². The van der Waals surface area contributed by atoms with Crippen LogP contribution in [0.3, 0.4) is 0 Å². The van der Waals surface area contributed by atoms with Crippen molar-refractivity contribution < 1.29 is 27.4 Å². The van der Waals surface area contributed by atoms with Crippen molar-refractivity contribution in [3.8, 4) is 11.5 Å². The molecule has 0 aliphatic carbocycles. The molecule has 3 rings (SSSR count). The van der Waals surface area contributed by atoms with Crippen molar-refractivity contribution >= 4 is 16.2 Å². The van der Waals surface area contributed by atoms with Gasteiger partial charge in [0, 0.05) is 18.7 Å². The third-order valence-electron chi connectivity index (χ3n) is 4.20. The number of hydrogen-bond donors (Lipinski definition) is 0. The van der Waals surface area contributed by atoms with Gasteiger partial charge >= 0.3 is 0 Å². The Morgan fingerprint density at radius 1 is 1.11 bits per heavy atom. The van der Waals surface area contributed by atoms with Gasteiger partial charge in [0.15, 0.2) is 24.7 Å². The highest BCUT2D eigenvalue weighted by Crippen LogP contribution is 2.39. The van der Waals surface area contributed by atoms with E-state index in [1.165, 1.54) is 20.6 Å².